The predicted octanol–water partition coefficient (Wildman–Crippen LogP) is 2.96. The highest BCUT2D eigenvalue weighted by molar-refractivity contribution is 6.31. The van der Waals surface area contributed by atoms with Gasteiger partial charge in [-0.25, -0.2) is 0 Å². The summed E-state index contributed by atoms with van der Waals surface area (Å²) in [5.41, 5.74) is 2.66. The summed E-state index contributed by atoms with van der Waals surface area (Å²) in [4.78, 5) is 0. The van der Waals surface area contributed by atoms with Gasteiger partial charge in [-0.2, -0.15) is 5.10 Å². The molecule has 0 amide bonds. The van der Waals surface area contributed by atoms with Crippen LogP contribution in [0.2, 0.25) is 5.02 Å². The molecule has 0 aliphatic heterocycles. The summed E-state index contributed by atoms with van der Waals surface area (Å²) in [6, 6.07) is 0. The van der Waals surface area contributed by atoms with E-state index >= 15 is 0 Å². The fourth-order valence-corrected chi connectivity index (χ4v) is 3.21. The smallest absolute Gasteiger partial charge is 0.0849 e. The summed E-state index contributed by atoms with van der Waals surface area (Å²) >= 11 is 6.45. The molecule has 0 bridgehead atoms. The maximum atomic E-state index is 6.45. The Labute approximate surface area is 115 Å². The van der Waals surface area contributed by atoms with Gasteiger partial charge in [-0.05, 0) is 37.6 Å². The first kappa shape index (κ1) is 13.9. The van der Waals surface area contributed by atoms with Crippen molar-refractivity contribution in [3.63, 3.8) is 0 Å². The molecule has 3 nitrogen and oxygen atoms in total. The first-order chi connectivity index (χ1) is 8.62. The molecule has 1 aromatic rings. The normalized spacial score (nSPS) is 17.8. The van der Waals surface area contributed by atoms with Crippen molar-refractivity contribution in [3.05, 3.63) is 16.4 Å². The summed E-state index contributed by atoms with van der Waals surface area (Å²) in [7, 11) is 2.01. The largest absolute Gasteiger partial charge is 0.316 e. The molecule has 1 N–H and O–H groups in total. The highest BCUT2D eigenvalue weighted by Crippen LogP contribution is 2.44. The molecule has 0 radical (unpaired) electrons. The van der Waals surface area contributed by atoms with Crippen LogP contribution in [0.25, 0.3) is 0 Å². The van der Waals surface area contributed by atoms with Gasteiger partial charge in [-0.15, -0.1) is 0 Å². The van der Waals surface area contributed by atoms with Gasteiger partial charge in [0.15, 0.2) is 0 Å². The second-order valence-electron chi connectivity index (χ2n) is 5.50. The topological polar surface area (TPSA) is 29.9 Å². The fraction of sp³-hybridized carbons (Fsp3) is 0.786. The molecule has 0 aromatic carbocycles. The average molecular weight is 270 g/mol. The van der Waals surface area contributed by atoms with Crippen LogP contribution in [0, 0.1) is 5.41 Å². The lowest BCUT2D eigenvalue weighted by atomic mass is 9.66. The Bertz CT molecular complexity index is 407. The molecule has 0 atom stereocenters. The standard InChI is InChI=1S/C14H24ClN3/c1-4-11-13(15)12(18(3)17-11)9-14(7-6-8-14)10-16-5-2/h16H,4-10H2,1-3H3. The van der Waals surface area contributed by atoms with Gasteiger partial charge in [-0.1, -0.05) is 31.9 Å². The number of hydrogen-bond acceptors (Lipinski definition) is 2. The number of hydrogen-bond donors (Lipinski definition) is 1. The van der Waals surface area contributed by atoms with E-state index in [1.807, 2.05) is 11.7 Å². The molecule has 1 fully saturated rings. The van der Waals surface area contributed by atoms with Crippen LogP contribution < -0.4 is 5.32 Å². The van der Waals surface area contributed by atoms with Gasteiger partial charge in [0.2, 0.25) is 0 Å². The summed E-state index contributed by atoms with van der Waals surface area (Å²) in [6.45, 7) is 6.42. The first-order valence-corrected chi connectivity index (χ1v) is 7.40. The summed E-state index contributed by atoms with van der Waals surface area (Å²) in [5, 5.41) is 8.91. The van der Waals surface area contributed by atoms with Crippen molar-refractivity contribution in [1.82, 2.24) is 15.1 Å². The van der Waals surface area contributed by atoms with Crippen LogP contribution in [0.5, 0.6) is 0 Å². The Hall–Kier alpha value is -0.540. The Kier molecular flexibility index (Phi) is 4.33. The van der Waals surface area contributed by atoms with Crippen LogP contribution >= 0.6 is 11.6 Å². The van der Waals surface area contributed by atoms with Gasteiger partial charge < -0.3 is 5.32 Å². The van der Waals surface area contributed by atoms with Gasteiger partial charge in [-0.3, -0.25) is 4.68 Å². The van der Waals surface area contributed by atoms with Crippen LogP contribution in [0.4, 0.5) is 0 Å². The third-order valence-electron chi connectivity index (χ3n) is 4.21. The zero-order valence-corrected chi connectivity index (χ0v) is 12.5. The number of rotatable bonds is 6. The molecule has 0 unspecified atom stereocenters. The second-order valence-corrected chi connectivity index (χ2v) is 5.87. The minimum Gasteiger partial charge on any atom is -0.316 e. The van der Waals surface area contributed by atoms with E-state index in [0.29, 0.717) is 5.41 Å². The quantitative estimate of drug-likeness (QED) is 0.861. The summed E-state index contributed by atoms with van der Waals surface area (Å²) in [6.07, 6.45) is 5.93. The molecule has 0 saturated heterocycles. The van der Waals surface area contributed by atoms with Crippen LogP contribution in [0.1, 0.15) is 44.5 Å². The van der Waals surface area contributed by atoms with E-state index < -0.39 is 0 Å². The number of halogens is 1. The van der Waals surface area contributed by atoms with Crippen molar-refractivity contribution in [2.45, 2.75) is 46.0 Å². The minimum absolute atomic E-state index is 0.415. The Morgan fingerprint density at radius 2 is 2.11 bits per heavy atom. The Balaban J connectivity index is 2.14. The molecule has 1 aliphatic carbocycles. The number of aryl methyl sites for hydroxylation is 2. The van der Waals surface area contributed by atoms with Crippen LogP contribution in [-0.4, -0.2) is 22.9 Å². The highest BCUT2D eigenvalue weighted by atomic mass is 35.5. The van der Waals surface area contributed by atoms with Crippen molar-refractivity contribution in [3.8, 4) is 0 Å². The molecule has 1 heterocycles. The predicted molar refractivity (Wildman–Crippen MR) is 76.1 cm³/mol. The summed E-state index contributed by atoms with van der Waals surface area (Å²) < 4.78 is 1.98. The van der Waals surface area contributed by atoms with Gasteiger partial charge in [0.05, 0.1) is 16.4 Å². The lowest BCUT2D eigenvalue weighted by Gasteiger charge is -2.42. The lowest BCUT2D eigenvalue weighted by molar-refractivity contribution is 0.128. The molecule has 2 rings (SSSR count). The zero-order chi connectivity index (χ0) is 13.2. The van der Waals surface area contributed by atoms with Gasteiger partial charge in [0.25, 0.3) is 0 Å². The Morgan fingerprint density at radius 1 is 1.39 bits per heavy atom. The molecule has 102 valence electrons. The minimum atomic E-state index is 0.415. The molecular weight excluding hydrogens is 246 g/mol. The van der Waals surface area contributed by atoms with E-state index in [1.165, 1.54) is 25.0 Å². The van der Waals surface area contributed by atoms with Crippen LogP contribution in [0.15, 0.2) is 0 Å². The molecule has 4 heteroatoms. The SMILES string of the molecule is CCNCC1(Cc2c(Cl)c(CC)nn2C)CCC1. The monoisotopic (exact) mass is 269 g/mol. The molecular formula is C14H24ClN3. The first-order valence-electron chi connectivity index (χ1n) is 7.03. The van der Waals surface area contributed by atoms with E-state index in [4.69, 9.17) is 11.6 Å². The van der Waals surface area contributed by atoms with E-state index in [-0.39, 0.29) is 0 Å². The van der Waals surface area contributed by atoms with Crippen molar-refractivity contribution >= 4 is 11.6 Å². The maximum absolute atomic E-state index is 6.45. The van der Waals surface area contributed by atoms with Gasteiger partial charge in [0, 0.05) is 13.6 Å². The zero-order valence-electron chi connectivity index (χ0n) is 11.7. The molecule has 0 spiro atoms. The average Bonchev–Trinajstić information content (AvgIpc) is 2.58. The van der Waals surface area contributed by atoms with E-state index in [2.05, 4.69) is 24.3 Å². The van der Waals surface area contributed by atoms with E-state index in [0.717, 1.165) is 36.6 Å². The molecule has 1 saturated carbocycles. The Morgan fingerprint density at radius 3 is 2.56 bits per heavy atom. The number of nitrogens with zero attached hydrogens (tertiary/aromatic N) is 2. The second kappa shape index (κ2) is 5.62. The van der Waals surface area contributed by atoms with Crippen LogP contribution in [-0.2, 0) is 19.9 Å². The van der Waals surface area contributed by atoms with Crippen molar-refractivity contribution in [2.24, 2.45) is 12.5 Å². The highest BCUT2D eigenvalue weighted by Gasteiger charge is 2.38. The lowest BCUT2D eigenvalue weighted by Crippen LogP contribution is -2.42. The number of nitrogens with one attached hydrogen (secondary N) is 1. The van der Waals surface area contributed by atoms with Crippen molar-refractivity contribution in [1.29, 1.82) is 0 Å². The van der Waals surface area contributed by atoms with Gasteiger partial charge >= 0.3 is 0 Å². The van der Waals surface area contributed by atoms with Crippen molar-refractivity contribution in [2.75, 3.05) is 13.1 Å². The molecule has 1 aliphatic rings. The fourth-order valence-electron chi connectivity index (χ4n) is 2.85. The molecule has 18 heavy (non-hydrogen) atoms. The van der Waals surface area contributed by atoms with Crippen molar-refractivity contribution < 1.29 is 0 Å². The van der Waals surface area contributed by atoms with Crippen LogP contribution in [0.3, 0.4) is 0 Å². The number of aromatic nitrogens is 2. The van der Waals surface area contributed by atoms with Gasteiger partial charge in [0.1, 0.15) is 0 Å². The van der Waals surface area contributed by atoms with E-state index in [9.17, 15) is 0 Å². The third-order valence-corrected chi connectivity index (χ3v) is 4.65. The third kappa shape index (κ3) is 2.57. The molecule has 1 aromatic heterocycles. The summed E-state index contributed by atoms with van der Waals surface area (Å²) in [5.74, 6) is 0. The van der Waals surface area contributed by atoms with E-state index in [1.54, 1.807) is 0 Å². The maximum Gasteiger partial charge on any atom is 0.0849 e.